The zero-order valence-corrected chi connectivity index (χ0v) is 19.2. The smallest absolute Gasteiger partial charge is 0.159 e. The van der Waals surface area contributed by atoms with Crippen LogP contribution in [0.1, 0.15) is 16.7 Å². The fourth-order valence-electron chi connectivity index (χ4n) is 2.44. The van der Waals surface area contributed by atoms with Gasteiger partial charge in [-0.25, -0.2) is 9.38 Å². The van der Waals surface area contributed by atoms with Gasteiger partial charge in [0.2, 0.25) is 0 Å². The molecule has 0 aromatic heterocycles. The quantitative estimate of drug-likeness (QED) is 0.216. The summed E-state index contributed by atoms with van der Waals surface area (Å²) >= 11 is 13.4. The van der Waals surface area contributed by atoms with Crippen LogP contribution < -0.4 is 5.73 Å². The van der Waals surface area contributed by atoms with Crippen LogP contribution in [0, 0.1) is 5.82 Å². The number of nitrogens with zero attached hydrogens (tertiary/aromatic N) is 1. The maximum Gasteiger partial charge on any atom is 0.159 e. The molecule has 0 aliphatic heterocycles. The molecule has 0 amide bonds. The van der Waals surface area contributed by atoms with E-state index >= 15 is 0 Å². The normalized spacial score (nSPS) is 11.5. The summed E-state index contributed by atoms with van der Waals surface area (Å²) in [6.45, 7) is 0. The molecule has 0 bridgehead atoms. The monoisotopic (exact) mass is 510 g/mol. The highest BCUT2D eigenvalue weighted by Gasteiger charge is 2.03. The summed E-state index contributed by atoms with van der Waals surface area (Å²) in [4.78, 5) is 4.35. The van der Waals surface area contributed by atoms with Gasteiger partial charge in [-0.2, -0.15) is 0 Å². The molecular formula is C22H18BrCl2FN2S. The van der Waals surface area contributed by atoms with Crippen molar-refractivity contribution in [2.45, 2.75) is 5.75 Å². The van der Waals surface area contributed by atoms with Crippen molar-refractivity contribution in [1.82, 2.24) is 0 Å². The van der Waals surface area contributed by atoms with Crippen molar-refractivity contribution < 1.29 is 4.39 Å². The van der Waals surface area contributed by atoms with Crippen molar-refractivity contribution in [2.24, 2.45) is 10.7 Å². The number of thioether (sulfide) groups is 1. The van der Waals surface area contributed by atoms with Crippen LogP contribution in [0.15, 0.2) is 71.7 Å². The molecule has 3 aromatic rings. The SMILES string of the molecule is Br.NC(=Nc1cccc(Cl)c1)SCc1ccc(/C=C/c2c(F)cccc2Cl)cc1. The van der Waals surface area contributed by atoms with Crippen LogP contribution in [0.2, 0.25) is 10.0 Å². The van der Waals surface area contributed by atoms with Gasteiger partial charge in [-0.1, -0.05) is 77.4 Å². The summed E-state index contributed by atoms with van der Waals surface area (Å²) in [6.07, 6.45) is 3.51. The molecule has 0 heterocycles. The molecule has 0 radical (unpaired) electrons. The number of halogens is 4. The standard InChI is InChI=1S/C22H17Cl2FN2S.BrH/c23-17-3-1-4-18(13-17)27-22(26)28-14-16-9-7-15(8-10-16)11-12-19-20(24)5-2-6-21(19)25;/h1-13H,14H2,(H2,26,27);1H/b12-11+;. The van der Waals surface area contributed by atoms with Crippen molar-refractivity contribution >= 4 is 75.0 Å². The Balaban J connectivity index is 0.00000300. The van der Waals surface area contributed by atoms with Gasteiger partial charge < -0.3 is 5.73 Å². The van der Waals surface area contributed by atoms with Crippen molar-refractivity contribution in [2.75, 3.05) is 0 Å². The van der Waals surface area contributed by atoms with E-state index in [4.69, 9.17) is 28.9 Å². The molecule has 2 N–H and O–H groups in total. The second-order valence-corrected chi connectivity index (χ2v) is 7.77. The predicted octanol–water partition coefficient (Wildman–Crippen LogP) is 7.76. The predicted molar refractivity (Wildman–Crippen MR) is 131 cm³/mol. The molecule has 3 rings (SSSR count). The van der Waals surface area contributed by atoms with Crippen LogP contribution in [0.5, 0.6) is 0 Å². The van der Waals surface area contributed by atoms with Crippen LogP contribution in [-0.2, 0) is 5.75 Å². The third kappa shape index (κ3) is 7.19. The third-order valence-corrected chi connectivity index (χ3v) is 5.29. The van der Waals surface area contributed by atoms with E-state index < -0.39 is 0 Å². The maximum absolute atomic E-state index is 13.8. The lowest BCUT2D eigenvalue weighted by molar-refractivity contribution is 0.625. The topological polar surface area (TPSA) is 38.4 Å². The minimum absolute atomic E-state index is 0. The molecule has 0 spiro atoms. The Hall–Kier alpha value is -1.79. The van der Waals surface area contributed by atoms with E-state index in [0.29, 0.717) is 26.5 Å². The molecule has 2 nitrogen and oxygen atoms in total. The van der Waals surface area contributed by atoms with E-state index in [0.717, 1.165) is 16.8 Å². The van der Waals surface area contributed by atoms with E-state index in [2.05, 4.69) is 4.99 Å². The van der Waals surface area contributed by atoms with E-state index in [1.54, 1.807) is 30.3 Å². The summed E-state index contributed by atoms with van der Waals surface area (Å²) in [6, 6.07) is 19.8. The average Bonchev–Trinajstić information content (AvgIpc) is 2.67. The van der Waals surface area contributed by atoms with Crippen molar-refractivity contribution in [3.8, 4) is 0 Å². The van der Waals surface area contributed by atoms with Gasteiger partial charge >= 0.3 is 0 Å². The van der Waals surface area contributed by atoms with Gasteiger partial charge in [0, 0.05) is 16.3 Å². The number of hydrogen-bond acceptors (Lipinski definition) is 2. The first-order chi connectivity index (χ1) is 13.5. The second-order valence-electron chi connectivity index (χ2n) is 5.93. The summed E-state index contributed by atoms with van der Waals surface area (Å²) in [5.41, 5.74) is 9.15. The third-order valence-electron chi connectivity index (χ3n) is 3.86. The molecule has 0 atom stereocenters. The lowest BCUT2D eigenvalue weighted by atomic mass is 10.1. The molecular weight excluding hydrogens is 494 g/mol. The highest BCUT2D eigenvalue weighted by Crippen LogP contribution is 2.23. The molecule has 0 saturated carbocycles. The van der Waals surface area contributed by atoms with E-state index in [-0.39, 0.29) is 22.8 Å². The Labute approximate surface area is 194 Å². The largest absolute Gasteiger partial charge is 0.378 e. The number of rotatable bonds is 5. The van der Waals surface area contributed by atoms with E-state index in [1.165, 1.54) is 17.8 Å². The Morgan fingerprint density at radius 3 is 2.41 bits per heavy atom. The molecule has 0 aliphatic rings. The number of hydrogen-bond donors (Lipinski definition) is 1. The van der Waals surface area contributed by atoms with Gasteiger partial charge in [-0.3, -0.25) is 0 Å². The van der Waals surface area contributed by atoms with Crippen LogP contribution >= 0.6 is 51.9 Å². The second kappa shape index (κ2) is 11.4. The zero-order chi connectivity index (χ0) is 19.9. The maximum atomic E-state index is 13.8. The Bertz CT molecular complexity index is 1000. The van der Waals surface area contributed by atoms with Crippen LogP contribution in [-0.4, -0.2) is 5.17 Å². The van der Waals surface area contributed by atoms with Crippen LogP contribution in [0.4, 0.5) is 10.1 Å². The van der Waals surface area contributed by atoms with E-state index in [9.17, 15) is 4.39 Å². The van der Waals surface area contributed by atoms with Crippen LogP contribution in [0.25, 0.3) is 12.2 Å². The first-order valence-electron chi connectivity index (χ1n) is 8.45. The zero-order valence-electron chi connectivity index (χ0n) is 15.2. The first kappa shape index (κ1) is 23.5. The number of amidine groups is 1. The fourth-order valence-corrected chi connectivity index (χ4v) is 3.52. The number of aliphatic imine (C=N–C) groups is 1. The Kier molecular flexibility index (Phi) is 9.24. The average molecular weight is 512 g/mol. The number of benzene rings is 3. The minimum atomic E-state index is -0.341. The van der Waals surface area contributed by atoms with Crippen molar-refractivity contribution in [3.05, 3.63) is 99.3 Å². The summed E-state index contributed by atoms with van der Waals surface area (Å²) in [5, 5.41) is 1.48. The van der Waals surface area contributed by atoms with Gasteiger partial charge in [0.05, 0.1) is 10.7 Å². The van der Waals surface area contributed by atoms with Crippen molar-refractivity contribution in [1.29, 1.82) is 0 Å². The Morgan fingerprint density at radius 1 is 1.00 bits per heavy atom. The molecule has 0 aliphatic carbocycles. The summed E-state index contributed by atoms with van der Waals surface area (Å²) in [5.74, 6) is 0.352. The van der Waals surface area contributed by atoms with Gasteiger partial charge in [0.1, 0.15) is 5.82 Å². The highest BCUT2D eigenvalue weighted by atomic mass is 79.9. The molecule has 0 fully saturated rings. The molecule has 7 heteroatoms. The lowest BCUT2D eigenvalue weighted by Gasteiger charge is -2.03. The van der Waals surface area contributed by atoms with Crippen LogP contribution in [0.3, 0.4) is 0 Å². The minimum Gasteiger partial charge on any atom is -0.378 e. The molecule has 0 unspecified atom stereocenters. The first-order valence-corrected chi connectivity index (χ1v) is 10.2. The van der Waals surface area contributed by atoms with Gasteiger partial charge in [-0.15, -0.1) is 17.0 Å². The lowest BCUT2D eigenvalue weighted by Crippen LogP contribution is -2.06. The fraction of sp³-hybridized carbons (Fsp3) is 0.0455. The van der Waals surface area contributed by atoms with E-state index in [1.807, 2.05) is 42.5 Å². The summed E-state index contributed by atoms with van der Waals surface area (Å²) < 4.78 is 13.8. The van der Waals surface area contributed by atoms with Gasteiger partial charge in [0.25, 0.3) is 0 Å². The molecule has 150 valence electrons. The van der Waals surface area contributed by atoms with Crippen molar-refractivity contribution in [3.63, 3.8) is 0 Å². The molecule has 0 saturated heterocycles. The molecule has 3 aromatic carbocycles. The van der Waals surface area contributed by atoms with Gasteiger partial charge in [-0.05, 0) is 47.5 Å². The summed E-state index contributed by atoms with van der Waals surface area (Å²) in [7, 11) is 0. The molecule has 29 heavy (non-hydrogen) atoms. The Morgan fingerprint density at radius 2 is 1.72 bits per heavy atom. The highest BCUT2D eigenvalue weighted by molar-refractivity contribution is 8.93. The number of nitrogens with two attached hydrogens (primary N) is 1. The van der Waals surface area contributed by atoms with Gasteiger partial charge in [0.15, 0.2) is 5.17 Å².